The SMILES string of the molecule is CC1(C)C2=NC(=Nc3[nH]c(c4ccccc34)C(C)(C)c3[nH]c(c4ccccc34)/N=C3\N=C1c1ccccc13)c1ccccc12. The number of nitrogens with zero attached hydrogens (tertiary/aromatic N) is 4. The Balaban J connectivity index is 1.43. The Morgan fingerprint density at radius 3 is 1.20 bits per heavy atom. The van der Waals surface area contributed by atoms with Crippen molar-refractivity contribution >= 4 is 56.3 Å². The fourth-order valence-corrected chi connectivity index (χ4v) is 7.28. The molecule has 0 amide bonds. The van der Waals surface area contributed by atoms with Crippen molar-refractivity contribution in [1.82, 2.24) is 9.97 Å². The van der Waals surface area contributed by atoms with Gasteiger partial charge < -0.3 is 9.97 Å². The molecule has 4 aromatic carbocycles. The lowest BCUT2D eigenvalue weighted by molar-refractivity contribution is 0.614. The van der Waals surface area contributed by atoms with E-state index in [1.54, 1.807) is 0 Å². The zero-order chi connectivity index (χ0) is 29.8. The highest BCUT2D eigenvalue weighted by Gasteiger charge is 2.41. The summed E-state index contributed by atoms with van der Waals surface area (Å²) in [5, 5.41) is 4.42. The molecule has 0 spiro atoms. The summed E-state index contributed by atoms with van der Waals surface area (Å²) in [5.74, 6) is 3.03. The van der Waals surface area contributed by atoms with Gasteiger partial charge in [-0.3, -0.25) is 0 Å². The Morgan fingerprint density at radius 1 is 0.409 bits per heavy atom. The van der Waals surface area contributed by atoms with Crippen LogP contribution in [-0.2, 0) is 5.41 Å². The van der Waals surface area contributed by atoms with Gasteiger partial charge in [0, 0.05) is 60.6 Å². The second kappa shape index (κ2) is 8.60. The number of aromatic nitrogens is 2. The van der Waals surface area contributed by atoms with Crippen molar-refractivity contribution in [1.29, 1.82) is 0 Å². The summed E-state index contributed by atoms with van der Waals surface area (Å²) in [7, 11) is 0. The average Bonchev–Trinajstić information content (AvgIpc) is 3.80. The summed E-state index contributed by atoms with van der Waals surface area (Å²) < 4.78 is 0. The van der Waals surface area contributed by atoms with E-state index in [0.29, 0.717) is 11.7 Å². The van der Waals surface area contributed by atoms with Gasteiger partial charge in [-0.1, -0.05) is 97.1 Å². The van der Waals surface area contributed by atoms with Crippen molar-refractivity contribution in [3.63, 3.8) is 0 Å². The molecule has 0 saturated carbocycles. The molecule has 8 bridgehead atoms. The smallest absolute Gasteiger partial charge is 0.162 e. The molecule has 0 aliphatic carbocycles. The molecule has 5 heterocycles. The van der Waals surface area contributed by atoms with Crippen molar-refractivity contribution in [3.05, 3.63) is 131 Å². The number of amidine groups is 2. The lowest BCUT2D eigenvalue weighted by atomic mass is 9.76. The zero-order valence-electron chi connectivity index (χ0n) is 25.0. The number of fused-ring (bicyclic) bond motifs is 18. The predicted octanol–water partition coefficient (Wildman–Crippen LogP) is 8.78. The van der Waals surface area contributed by atoms with Gasteiger partial charge >= 0.3 is 0 Å². The quantitative estimate of drug-likeness (QED) is 0.183. The Bertz CT molecular complexity index is 2170. The van der Waals surface area contributed by atoms with Gasteiger partial charge in [0.2, 0.25) is 0 Å². The first-order valence-electron chi connectivity index (χ1n) is 15.1. The van der Waals surface area contributed by atoms with Crippen LogP contribution in [-0.4, -0.2) is 33.1 Å². The van der Waals surface area contributed by atoms with Gasteiger partial charge in [-0.05, 0) is 27.7 Å². The van der Waals surface area contributed by atoms with Crippen LogP contribution in [0.1, 0.15) is 61.3 Å². The van der Waals surface area contributed by atoms with Crippen LogP contribution in [0.3, 0.4) is 0 Å². The van der Waals surface area contributed by atoms with Crippen LogP contribution in [0.2, 0.25) is 0 Å². The van der Waals surface area contributed by atoms with Gasteiger partial charge in [-0.25, -0.2) is 20.0 Å². The molecule has 3 aliphatic heterocycles. The molecule has 2 aromatic heterocycles. The Morgan fingerprint density at radius 2 is 0.773 bits per heavy atom. The normalized spacial score (nSPS) is 18.7. The first-order chi connectivity index (χ1) is 21.3. The number of aromatic amines is 2. The number of hydrogen-bond acceptors (Lipinski definition) is 4. The molecule has 0 atom stereocenters. The van der Waals surface area contributed by atoms with E-state index in [0.717, 1.165) is 78.2 Å². The lowest BCUT2D eigenvalue weighted by Gasteiger charge is -2.26. The Kier molecular flexibility index (Phi) is 4.92. The fraction of sp³-hybridized carbons (Fsp3) is 0.158. The summed E-state index contributed by atoms with van der Waals surface area (Å²) in [6.07, 6.45) is 0. The second-order valence-corrected chi connectivity index (χ2v) is 12.9. The third kappa shape index (κ3) is 3.31. The maximum absolute atomic E-state index is 5.28. The van der Waals surface area contributed by atoms with Crippen LogP contribution in [0.4, 0.5) is 11.6 Å². The molecule has 44 heavy (non-hydrogen) atoms. The fourth-order valence-electron chi connectivity index (χ4n) is 7.28. The van der Waals surface area contributed by atoms with Crippen molar-refractivity contribution in [3.8, 4) is 0 Å². The van der Waals surface area contributed by atoms with Crippen LogP contribution in [0, 0.1) is 5.41 Å². The summed E-state index contributed by atoms with van der Waals surface area (Å²) in [6, 6.07) is 33.8. The van der Waals surface area contributed by atoms with E-state index >= 15 is 0 Å². The maximum atomic E-state index is 5.28. The minimum Gasteiger partial charge on any atom is -0.342 e. The minimum atomic E-state index is -0.522. The molecule has 0 fully saturated rings. The molecule has 6 nitrogen and oxygen atoms in total. The summed E-state index contributed by atoms with van der Waals surface area (Å²) in [5.41, 5.74) is 7.37. The van der Waals surface area contributed by atoms with Crippen LogP contribution in [0.5, 0.6) is 0 Å². The number of hydrogen-bond donors (Lipinski definition) is 2. The Hall–Kier alpha value is -5.36. The average molecular weight is 571 g/mol. The predicted molar refractivity (Wildman–Crippen MR) is 181 cm³/mol. The van der Waals surface area contributed by atoms with Crippen LogP contribution >= 0.6 is 0 Å². The number of H-pyrrole nitrogens is 2. The monoisotopic (exact) mass is 570 g/mol. The van der Waals surface area contributed by atoms with E-state index in [1.807, 2.05) is 0 Å². The van der Waals surface area contributed by atoms with Crippen molar-refractivity contribution in [2.24, 2.45) is 25.4 Å². The first kappa shape index (κ1) is 25.2. The van der Waals surface area contributed by atoms with E-state index in [1.165, 1.54) is 0 Å². The van der Waals surface area contributed by atoms with Crippen LogP contribution in [0.15, 0.2) is 117 Å². The molecular formula is C38H30N6. The highest BCUT2D eigenvalue weighted by Crippen LogP contribution is 2.45. The second-order valence-electron chi connectivity index (χ2n) is 12.9. The van der Waals surface area contributed by atoms with E-state index in [4.69, 9.17) is 20.0 Å². The minimum absolute atomic E-state index is 0.431. The molecule has 0 radical (unpaired) electrons. The first-order valence-corrected chi connectivity index (χ1v) is 15.1. The third-order valence-corrected chi connectivity index (χ3v) is 9.54. The van der Waals surface area contributed by atoms with Crippen molar-refractivity contribution in [2.75, 3.05) is 0 Å². The van der Waals surface area contributed by atoms with Crippen molar-refractivity contribution in [2.45, 2.75) is 33.1 Å². The van der Waals surface area contributed by atoms with E-state index < -0.39 is 10.8 Å². The van der Waals surface area contributed by atoms with Gasteiger partial charge in [0.1, 0.15) is 11.6 Å². The van der Waals surface area contributed by atoms with Gasteiger partial charge in [-0.2, -0.15) is 0 Å². The molecule has 6 heteroatoms. The molecule has 2 N–H and O–H groups in total. The van der Waals surface area contributed by atoms with Gasteiger partial charge in [-0.15, -0.1) is 0 Å². The number of aliphatic imine (C=N–C) groups is 4. The largest absolute Gasteiger partial charge is 0.342 e. The molecular weight excluding hydrogens is 540 g/mol. The number of nitrogens with one attached hydrogen (secondary N) is 2. The highest BCUT2D eigenvalue weighted by atomic mass is 15.1. The molecule has 9 rings (SSSR count). The number of rotatable bonds is 0. The number of benzene rings is 4. The molecule has 0 unspecified atom stereocenters. The van der Waals surface area contributed by atoms with Crippen LogP contribution < -0.4 is 0 Å². The molecule has 6 aromatic rings. The van der Waals surface area contributed by atoms with Crippen LogP contribution in [0.25, 0.3) is 21.5 Å². The van der Waals surface area contributed by atoms with Gasteiger partial charge in [0.15, 0.2) is 11.7 Å². The summed E-state index contributed by atoms with van der Waals surface area (Å²) in [6.45, 7) is 8.93. The van der Waals surface area contributed by atoms with E-state index in [9.17, 15) is 0 Å². The molecule has 0 saturated heterocycles. The molecule has 212 valence electrons. The summed E-state index contributed by atoms with van der Waals surface area (Å²) >= 11 is 0. The van der Waals surface area contributed by atoms with Gasteiger partial charge in [0.25, 0.3) is 0 Å². The standard InChI is InChI=1S/C38H30N6/c1-37(2)29-21-13-5-9-17-25(21)33(39-29)43-35-27-19-11-7-15-23(27)31(41-35)38(3,4)32-24-16-8-12-20-28(24)36(42-32)44-34-26-18-10-6-14-22(26)30(37)40-34/h5-20,39-40H,1-4H3/b43-35-,44-36?. The third-order valence-electron chi connectivity index (χ3n) is 9.54. The van der Waals surface area contributed by atoms with Gasteiger partial charge in [0.05, 0.1) is 16.8 Å². The maximum Gasteiger partial charge on any atom is 0.162 e. The highest BCUT2D eigenvalue weighted by molar-refractivity contribution is 6.36. The van der Waals surface area contributed by atoms with Crippen molar-refractivity contribution < 1.29 is 0 Å². The lowest BCUT2D eigenvalue weighted by Crippen LogP contribution is -2.33. The topological polar surface area (TPSA) is 81.0 Å². The van der Waals surface area contributed by atoms with E-state index in [2.05, 4.69) is 135 Å². The Labute approximate surface area is 255 Å². The molecule has 3 aliphatic rings. The van der Waals surface area contributed by atoms with E-state index in [-0.39, 0.29) is 0 Å². The summed E-state index contributed by atoms with van der Waals surface area (Å²) in [4.78, 5) is 28.6. The zero-order valence-corrected chi connectivity index (χ0v) is 25.0.